The summed E-state index contributed by atoms with van der Waals surface area (Å²) >= 11 is 1.60. The Hall–Kier alpha value is -3.07. The molecular weight excluding hydrogens is 438 g/mol. The van der Waals surface area contributed by atoms with E-state index in [1.165, 1.54) is 0 Å². The smallest absolute Gasteiger partial charge is 0.186 e. The number of pyridine rings is 1. The quantitative estimate of drug-likeness (QED) is 0.560. The second kappa shape index (κ2) is 9.82. The number of hydrogen-bond acceptors (Lipinski definition) is 11. The molecule has 2 fully saturated rings. The second-order valence-corrected chi connectivity index (χ2v) is 9.33. The van der Waals surface area contributed by atoms with Crippen LogP contribution in [-0.4, -0.2) is 82.4 Å². The molecule has 2 aliphatic heterocycles. The molecule has 0 bridgehead atoms. The van der Waals surface area contributed by atoms with Gasteiger partial charge in [-0.1, -0.05) is 11.3 Å². The Bertz CT molecular complexity index is 1140. The number of thiazole rings is 1. The number of piperidine rings is 1. The highest BCUT2D eigenvalue weighted by Gasteiger charge is 2.23. The molecule has 11 heteroatoms. The van der Waals surface area contributed by atoms with Crippen molar-refractivity contribution in [2.75, 3.05) is 67.5 Å². The van der Waals surface area contributed by atoms with E-state index in [0.29, 0.717) is 12.4 Å². The summed E-state index contributed by atoms with van der Waals surface area (Å²) < 4.78 is 0.976. The number of nitrogens with zero attached hydrogens (tertiary/aromatic N) is 8. The Balaban J connectivity index is 1.33. The van der Waals surface area contributed by atoms with E-state index in [0.717, 1.165) is 79.1 Å². The molecule has 5 rings (SSSR count). The molecule has 2 aliphatic rings. The minimum absolute atomic E-state index is 0.0615. The average Bonchev–Trinajstić information content (AvgIpc) is 3.31. The molecule has 1 unspecified atom stereocenters. The summed E-state index contributed by atoms with van der Waals surface area (Å²) in [4.78, 5) is 24.9. The number of aromatic nitrogens is 4. The van der Waals surface area contributed by atoms with Crippen molar-refractivity contribution in [3.63, 3.8) is 0 Å². The third-order valence-electron chi connectivity index (χ3n) is 6.18. The molecule has 2 N–H and O–H groups in total. The maximum absolute atomic E-state index is 9.32. The average molecular weight is 466 g/mol. The third kappa shape index (κ3) is 4.83. The van der Waals surface area contributed by atoms with Crippen LogP contribution in [0.4, 0.5) is 22.6 Å². The van der Waals surface area contributed by atoms with Crippen LogP contribution in [0.25, 0.3) is 10.2 Å². The van der Waals surface area contributed by atoms with Crippen LogP contribution in [-0.2, 0) is 0 Å². The van der Waals surface area contributed by atoms with Gasteiger partial charge in [0.05, 0.1) is 28.8 Å². The van der Waals surface area contributed by atoms with E-state index in [1.807, 2.05) is 12.1 Å². The SMILES string of the molecule is N#CC1CCCN(c2nc3ccnc(Nc4cc(N5CCN(CCO)CC5)ncn4)c3s2)C1. The van der Waals surface area contributed by atoms with Crippen LogP contribution >= 0.6 is 11.3 Å². The number of aliphatic hydroxyl groups excluding tert-OH is 1. The Morgan fingerprint density at radius 3 is 2.85 bits per heavy atom. The Morgan fingerprint density at radius 1 is 1.15 bits per heavy atom. The lowest BCUT2D eigenvalue weighted by Gasteiger charge is -2.35. The van der Waals surface area contributed by atoms with Crippen molar-refractivity contribution in [2.45, 2.75) is 12.8 Å². The van der Waals surface area contributed by atoms with Gasteiger partial charge in [-0.3, -0.25) is 4.90 Å². The van der Waals surface area contributed by atoms with Crippen LogP contribution in [0.1, 0.15) is 12.8 Å². The summed E-state index contributed by atoms with van der Waals surface area (Å²) in [6, 6.07) is 6.27. The Morgan fingerprint density at radius 2 is 2.03 bits per heavy atom. The van der Waals surface area contributed by atoms with Crippen LogP contribution in [0.3, 0.4) is 0 Å². The molecule has 0 radical (unpaired) electrons. The lowest BCUT2D eigenvalue weighted by Crippen LogP contribution is -2.47. The number of fused-ring (bicyclic) bond motifs is 1. The van der Waals surface area contributed by atoms with E-state index in [-0.39, 0.29) is 12.5 Å². The summed E-state index contributed by atoms with van der Waals surface area (Å²) in [6.07, 6.45) is 5.30. The third-order valence-corrected chi connectivity index (χ3v) is 7.32. The van der Waals surface area contributed by atoms with Gasteiger partial charge in [-0.25, -0.2) is 19.9 Å². The van der Waals surface area contributed by atoms with Gasteiger partial charge in [0.2, 0.25) is 0 Å². The maximum Gasteiger partial charge on any atom is 0.186 e. The number of aliphatic hydroxyl groups is 1. The first-order chi connectivity index (χ1) is 16.2. The van der Waals surface area contributed by atoms with E-state index >= 15 is 0 Å². The number of β-amino-alcohol motifs (C(OH)–C–C–N with tert-alkyl or cyclic N) is 1. The molecule has 3 aromatic rings. The number of anilines is 4. The van der Waals surface area contributed by atoms with Gasteiger partial charge in [-0.2, -0.15) is 5.26 Å². The second-order valence-electron chi connectivity index (χ2n) is 8.36. The fraction of sp³-hybridized carbons (Fsp3) is 0.500. The molecule has 33 heavy (non-hydrogen) atoms. The van der Waals surface area contributed by atoms with Crippen LogP contribution < -0.4 is 15.1 Å². The highest BCUT2D eigenvalue weighted by molar-refractivity contribution is 7.22. The molecule has 0 aliphatic carbocycles. The van der Waals surface area contributed by atoms with Crippen molar-refractivity contribution in [1.82, 2.24) is 24.8 Å². The summed E-state index contributed by atoms with van der Waals surface area (Å²) in [7, 11) is 0. The largest absolute Gasteiger partial charge is 0.395 e. The number of nitriles is 1. The van der Waals surface area contributed by atoms with E-state index in [4.69, 9.17) is 10.1 Å². The Kier molecular flexibility index (Phi) is 6.48. The molecule has 0 spiro atoms. The minimum Gasteiger partial charge on any atom is -0.395 e. The van der Waals surface area contributed by atoms with E-state index in [9.17, 15) is 5.26 Å². The van der Waals surface area contributed by atoms with Gasteiger partial charge in [0, 0.05) is 58.1 Å². The molecule has 172 valence electrons. The normalized spacial score (nSPS) is 19.6. The minimum atomic E-state index is 0.0615. The Labute approximate surface area is 196 Å². The van der Waals surface area contributed by atoms with Gasteiger partial charge in [-0.15, -0.1) is 0 Å². The first kappa shape index (κ1) is 21.8. The van der Waals surface area contributed by atoms with Crippen LogP contribution in [0.5, 0.6) is 0 Å². The molecule has 2 saturated heterocycles. The van der Waals surface area contributed by atoms with E-state index < -0.39 is 0 Å². The molecule has 0 amide bonds. The molecule has 5 heterocycles. The van der Waals surface area contributed by atoms with Gasteiger partial charge in [-0.05, 0) is 18.9 Å². The number of piperazine rings is 1. The molecule has 0 saturated carbocycles. The zero-order chi connectivity index (χ0) is 22.6. The summed E-state index contributed by atoms with van der Waals surface area (Å²) in [6.45, 7) is 6.09. The van der Waals surface area contributed by atoms with Crippen LogP contribution in [0.2, 0.25) is 0 Å². The predicted molar refractivity (Wildman–Crippen MR) is 129 cm³/mol. The van der Waals surface area contributed by atoms with Crippen molar-refractivity contribution in [3.8, 4) is 6.07 Å². The zero-order valence-corrected chi connectivity index (χ0v) is 19.2. The summed E-state index contributed by atoms with van der Waals surface area (Å²) in [5.74, 6) is 2.35. The molecule has 0 aromatic carbocycles. The first-order valence-electron chi connectivity index (χ1n) is 11.3. The van der Waals surface area contributed by atoms with Gasteiger partial charge >= 0.3 is 0 Å². The number of nitrogens with one attached hydrogen (secondary N) is 1. The fourth-order valence-corrected chi connectivity index (χ4v) is 5.42. The molecule has 10 nitrogen and oxygen atoms in total. The summed E-state index contributed by atoms with van der Waals surface area (Å²) in [5.41, 5.74) is 0.890. The highest BCUT2D eigenvalue weighted by Crippen LogP contribution is 2.35. The molecular formula is C22H27N9OS. The topological polar surface area (TPSA) is 117 Å². The number of hydrogen-bond donors (Lipinski definition) is 2. The van der Waals surface area contributed by atoms with Gasteiger partial charge in [0.15, 0.2) is 10.9 Å². The fourth-order valence-electron chi connectivity index (χ4n) is 4.38. The van der Waals surface area contributed by atoms with Crippen molar-refractivity contribution < 1.29 is 5.11 Å². The van der Waals surface area contributed by atoms with Gasteiger partial charge in [0.1, 0.15) is 18.0 Å². The summed E-state index contributed by atoms with van der Waals surface area (Å²) in [5, 5.41) is 22.8. The zero-order valence-electron chi connectivity index (χ0n) is 18.4. The van der Waals surface area contributed by atoms with Crippen molar-refractivity contribution >= 4 is 44.1 Å². The highest BCUT2D eigenvalue weighted by atomic mass is 32.1. The lowest BCUT2D eigenvalue weighted by molar-refractivity contribution is 0.188. The monoisotopic (exact) mass is 465 g/mol. The predicted octanol–water partition coefficient (Wildman–Crippen LogP) is 2.08. The van der Waals surface area contributed by atoms with E-state index in [1.54, 1.807) is 23.9 Å². The lowest BCUT2D eigenvalue weighted by atomic mass is 10.0. The van der Waals surface area contributed by atoms with Gasteiger partial charge in [0.25, 0.3) is 0 Å². The van der Waals surface area contributed by atoms with Crippen LogP contribution in [0.15, 0.2) is 24.7 Å². The number of rotatable bonds is 6. The van der Waals surface area contributed by atoms with Crippen LogP contribution in [0, 0.1) is 17.2 Å². The maximum atomic E-state index is 9.32. The van der Waals surface area contributed by atoms with Crippen molar-refractivity contribution in [1.29, 1.82) is 5.26 Å². The van der Waals surface area contributed by atoms with Crippen molar-refractivity contribution in [3.05, 3.63) is 24.7 Å². The molecule has 1 atom stereocenters. The first-order valence-corrected chi connectivity index (χ1v) is 12.1. The van der Waals surface area contributed by atoms with E-state index in [2.05, 4.69) is 41.0 Å². The standard InChI is InChI=1S/C22H27N9OS/c23-13-16-2-1-5-31(14-16)22-27-17-3-4-24-21(20(17)33-22)28-18-12-19(26-15-25-18)30-8-6-29(7-9-30)10-11-32/h3-4,12,15-16,32H,1-2,5-11,14H2,(H,24,25,26,28). The van der Waals surface area contributed by atoms with Gasteiger partial charge < -0.3 is 20.2 Å². The molecule has 3 aromatic heterocycles. The van der Waals surface area contributed by atoms with Crippen molar-refractivity contribution in [2.24, 2.45) is 5.92 Å².